The third kappa shape index (κ3) is 3.44. The molecule has 0 radical (unpaired) electrons. The highest BCUT2D eigenvalue weighted by molar-refractivity contribution is 14.1. The molecule has 1 aromatic carbocycles. The van der Waals surface area contributed by atoms with E-state index in [0.29, 0.717) is 11.5 Å². The molecule has 1 N–H and O–H groups in total. The molecule has 0 heterocycles. The number of rotatable bonds is 5. The summed E-state index contributed by atoms with van der Waals surface area (Å²) in [4.78, 5) is 0. The maximum atomic E-state index is 3.66. The van der Waals surface area contributed by atoms with Crippen molar-refractivity contribution in [1.82, 2.24) is 5.32 Å². The Hall–Kier alpha value is -0.0900. The quantitative estimate of drug-likeness (QED) is 0.801. The average Bonchev–Trinajstić information content (AvgIpc) is 2.90. The van der Waals surface area contributed by atoms with Crippen LogP contribution in [0.25, 0.3) is 0 Å². The Morgan fingerprint density at radius 1 is 1.35 bits per heavy atom. The molecule has 2 unspecified atom stereocenters. The Morgan fingerprint density at radius 3 is 2.41 bits per heavy atom. The fourth-order valence-corrected chi connectivity index (χ4v) is 3.05. The first kappa shape index (κ1) is 13.3. The molecule has 94 valence electrons. The van der Waals surface area contributed by atoms with Crippen LogP contribution in [0.4, 0.5) is 0 Å². The van der Waals surface area contributed by atoms with Crippen molar-refractivity contribution < 1.29 is 0 Å². The largest absolute Gasteiger partial charge is 0.314 e. The van der Waals surface area contributed by atoms with E-state index >= 15 is 0 Å². The Balaban J connectivity index is 2.00. The molecule has 1 aromatic rings. The van der Waals surface area contributed by atoms with Gasteiger partial charge in [-0.25, -0.2) is 0 Å². The zero-order valence-electron chi connectivity index (χ0n) is 11.0. The van der Waals surface area contributed by atoms with Gasteiger partial charge in [0.15, 0.2) is 0 Å². The summed E-state index contributed by atoms with van der Waals surface area (Å²) in [6.45, 7) is 8.05. The topological polar surface area (TPSA) is 12.0 Å². The van der Waals surface area contributed by atoms with Gasteiger partial charge in [0, 0.05) is 9.61 Å². The minimum Gasteiger partial charge on any atom is -0.314 e. The predicted molar refractivity (Wildman–Crippen MR) is 82.2 cm³/mol. The van der Waals surface area contributed by atoms with Gasteiger partial charge in [-0.1, -0.05) is 32.9 Å². The highest BCUT2D eigenvalue weighted by Gasteiger charge is 2.49. The Bertz CT molecular complexity index is 369. The number of nitrogens with one attached hydrogen (secondary N) is 1. The second kappa shape index (κ2) is 5.27. The minimum absolute atomic E-state index is 0.552. The van der Waals surface area contributed by atoms with Gasteiger partial charge in [0.05, 0.1) is 0 Å². The molecule has 0 amide bonds. The van der Waals surface area contributed by atoms with Crippen LogP contribution in [0.2, 0.25) is 0 Å². The first-order chi connectivity index (χ1) is 8.03. The molecule has 2 rings (SSSR count). The summed E-state index contributed by atoms with van der Waals surface area (Å²) in [6.07, 6.45) is 2.54. The third-order valence-electron chi connectivity index (χ3n) is 3.91. The lowest BCUT2D eigenvalue weighted by Gasteiger charge is -2.19. The van der Waals surface area contributed by atoms with Crippen LogP contribution in [0.1, 0.15) is 32.8 Å². The molecule has 0 spiro atoms. The van der Waals surface area contributed by atoms with E-state index in [-0.39, 0.29) is 0 Å². The summed E-state index contributed by atoms with van der Waals surface area (Å²) in [5.41, 5.74) is 2.01. The van der Waals surface area contributed by atoms with Crippen molar-refractivity contribution in [3.8, 4) is 0 Å². The summed E-state index contributed by atoms with van der Waals surface area (Å²) in [5, 5.41) is 3.66. The second-order valence-electron chi connectivity index (χ2n) is 5.79. The number of benzene rings is 1. The number of hydrogen-bond acceptors (Lipinski definition) is 1. The average molecular weight is 343 g/mol. The molecular weight excluding hydrogens is 321 g/mol. The van der Waals surface area contributed by atoms with Gasteiger partial charge < -0.3 is 5.32 Å². The van der Waals surface area contributed by atoms with Gasteiger partial charge >= 0.3 is 0 Å². The first-order valence-electron chi connectivity index (χ1n) is 6.51. The van der Waals surface area contributed by atoms with Gasteiger partial charge in [0.25, 0.3) is 0 Å². The van der Waals surface area contributed by atoms with E-state index in [1.807, 2.05) is 0 Å². The Morgan fingerprint density at radius 2 is 1.94 bits per heavy atom. The van der Waals surface area contributed by atoms with E-state index in [1.165, 1.54) is 22.0 Å². The van der Waals surface area contributed by atoms with Crippen molar-refractivity contribution in [3.63, 3.8) is 0 Å². The van der Waals surface area contributed by atoms with Crippen molar-refractivity contribution in [1.29, 1.82) is 0 Å². The van der Waals surface area contributed by atoms with Gasteiger partial charge in [0.1, 0.15) is 0 Å². The number of likely N-dealkylation sites (N-methyl/N-ethyl adjacent to an activating group) is 1. The Labute approximate surface area is 119 Å². The fraction of sp³-hybridized carbons (Fsp3) is 0.600. The maximum Gasteiger partial charge on any atom is 0.0141 e. The van der Waals surface area contributed by atoms with E-state index in [4.69, 9.17) is 0 Å². The lowest BCUT2D eigenvalue weighted by molar-refractivity contribution is 0.409. The maximum absolute atomic E-state index is 3.66. The van der Waals surface area contributed by atoms with Crippen molar-refractivity contribution >= 4 is 22.6 Å². The van der Waals surface area contributed by atoms with Gasteiger partial charge in [0.2, 0.25) is 0 Å². The molecular formula is C15H22IN. The lowest BCUT2D eigenvalue weighted by Crippen LogP contribution is -2.34. The van der Waals surface area contributed by atoms with Gasteiger partial charge in [-0.05, 0) is 71.0 Å². The lowest BCUT2D eigenvalue weighted by atomic mass is 9.97. The smallest absolute Gasteiger partial charge is 0.0141 e. The molecule has 2 heteroatoms. The van der Waals surface area contributed by atoms with E-state index in [2.05, 4.69) is 72.9 Å². The molecule has 1 saturated carbocycles. The monoisotopic (exact) mass is 343 g/mol. The molecule has 0 aliphatic heterocycles. The van der Waals surface area contributed by atoms with Crippen LogP contribution in [0.15, 0.2) is 24.3 Å². The van der Waals surface area contributed by atoms with Gasteiger partial charge in [-0.2, -0.15) is 0 Å². The van der Waals surface area contributed by atoms with Crippen LogP contribution < -0.4 is 5.32 Å². The molecule has 1 nitrogen and oxygen atoms in total. The fourth-order valence-electron chi connectivity index (χ4n) is 2.69. The zero-order valence-corrected chi connectivity index (χ0v) is 13.1. The summed E-state index contributed by atoms with van der Waals surface area (Å²) in [7, 11) is 0. The van der Waals surface area contributed by atoms with Crippen molar-refractivity contribution in [2.24, 2.45) is 11.3 Å². The van der Waals surface area contributed by atoms with Crippen LogP contribution in [-0.4, -0.2) is 12.6 Å². The van der Waals surface area contributed by atoms with Crippen LogP contribution in [0, 0.1) is 14.9 Å². The molecule has 0 bridgehead atoms. The van der Waals surface area contributed by atoms with Crippen LogP contribution in [0.5, 0.6) is 0 Å². The molecule has 0 aromatic heterocycles. The SMILES string of the molecule is CCNC(Cc1ccc(I)cc1)C1CC1(C)C. The van der Waals surface area contributed by atoms with Crippen LogP contribution in [-0.2, 0) is 6.42 Å². The number of hydrogen-bond donors (Lipinski definition) is 1. The minimum atomic E-state index is 0.552. The summed E-state index contributed by atoms with van der Waals surface area (Å²) in [6, 6.07) is 9.59. The van der Waals surface area contributed by atoms with Crippen molar-refractivity contribution in [2.45, 2.75) is 39.7 Å². The molecule has 1 fully saturated rings. The van der Waals surface area contributed by atoms with E-state index < -0.39 is 0 Å². The van der Waals surface area contributed by atoms with Crippen molar-refractivity contribution in [3.05, 3.63) is 33.4 Å². The third-order valence-corrected chi connectivity index (χ3v) is 4.63. The second-order valence-corrected chi connectivity index (χ2v) is 7.04. The highest BCUT2D eigenvalue weighted by Crippen LogP contribution is 2.54. The standard InChI is InChI=1S/C15H22IN/c1-4-17-14(13-10-15(13,2)3)9-11-5-7-12(16)8-6-11/h5-8,13-14,17H,4,9-10H2,1-3H3. The first-order valence-corrected chi connectivity index (χ1v) is 7.58. The summed E-state index contributed by atoms with van der Waals surface area (Å²) >= 11 is 2.36. The van der Waals surface area contributed by atoms with Gasteiger partial charge in [-0.15, -0.1) is 0 Å². The normalized spacial score (nSPS) is 23.4. The molecule has 0 saturated heterocycles. The predicted octanol–water partition coefficient (Wildman–Crippen LogP) is 3.86. The van der Waals surface area contributed by atoms with E-state index in [9.17, 15) is 0 Å². The summed E-state index contributed by atoms with van der Waals surface area (Å²) < 4.78 is 1.32. The van der Waals surface area contributed by atoms with Crippen LogP contribution >= 0.6 is 22.6 Å². The molecule has 1 aliphatic rings. The number of halogens is 1. The highest BCUT2D eigenvalue weighted by atomic mass is 127. The molecule has 17 heavy (non-hydrogen) atoms. The molecule has 1 aliphatic carbocycles. The van der Waals surface area contributed by atoms with Gasteiger partial charge in [-0.3, -0.25) is 0 Å². The zero-order chi connectivity index (χ0) is 12.5. The van der Waals surface area contributed by atoms with E-state index in [0.717, 1.165) is 12.5 Å². The summed E-state index contributed by atoms with van der Waals surface area (Å²) in [5.74, 6) is 0.849. The van der Waals surface area contributed by atoms with Crippen LogP contribution in [0.3, 0.4) is 0 Å². The molecule has 2 atom stereocenters. The Kier molecular flexibility index (Phi) is 4.14. The van der Waals surface area contributed by atoms with Crippen molar-refractivity contribution in [2.75, 3.05) is 6.54 Å². The van der Waals surface area contributed by atoms with E-state index in [1.54, 1.807) is 0 Å².